The zero-order valence-electron chi connectivity index (χ0n) is 7.07. The third-order valence-corrected chi connectivity index (χ3v) is 2.92. The molecule has 0 saturated carbocycles. The SMILES string of the molecule is O=P(O)(O)CCC1=CCCCC1. The zero-order chi connectivity index (χ0) is 9.03. The van der Waals surface area contributed by atoms with Gasteiger partial charge in [0.15, 0.2) is 0 Å². The molecule has 1 aliphatic carbocycles. The minimum absolute atomic E-state index is 0.0127. The van der Waals surface area contributed by atoms with Crippen LogP contribution in [0.5, 0.6) is 0 Å². The first-order valence-electron chi connectivity index (χ1n) is 4.30. The standard InChI is InChI=1S/C8H15O3P/c9-12(10,11)7-6-8-4-2-1-3-5-8/h4H,1-3,5-7H2,(H2,9,10,11). The molecule has 12 heavy (non-hydrogen) atoms. The molecule has 0 amide bonds. The highest BCUT2D eigenvalue weighted by Gasteiger charge is 2.14. The molecular weight excluding hydrogens is 175 g/mol. The minimum Gasteiger partial charge on any atom is -0.324 e. The van der Waals surface area contributed by atoms with Crippen molar-refractivity contribution in [2.75, 3.05) is 6.16 Å². The van der Waals surface area contributed by atoms with Crippen molar-refractivity contribution < 1.29 is 14.4 Å². The molecule has 0 aliphatic heterocycles. The summed E-state index contributed by atoms with van der Waals surface area (Å²) in [6.07, 6.45) is 7.21. The largest absolute Gasteiger partial charge is 0.325 e. The van der Waals surface area contributed by atoms with Gasteiger partial charge in [-0.2, -0.15) is 0 Å². The summed E-state index contributed by atoms with van der Waals surface area (Å²) >= 11 is 0. The molecule has 0 saturated heterocycles. The lowest BCUT2D eigenvalue weighted by atomic mass is 9.98. The molecule has 4 heteroatoms. The van der Waals surface area contributed by atoms with Crippen molar-refractivity contribution in [2.24, 2.45) is 0 Å². The molecule has 0 aromatic heterocycles. The van der Waals surface area contributed by atoms with E-state index in [2.05, 4.69) is 6.08 Å². The molecule has 0 atom stereocenters. The molecule has 70 valence electrons. The highest BCUT2D eigenvalue weighted by Crippen LogP contribution is 2.37. The molecule has 0 aromatic rings. The van der Waals surface area contributed by atoms with E-state index in [1.807, 2.05) is 0 Å². The Bertz CT molecular complexity index is 216. The minimum atomic E-state index is -3.77. The van der Waals surface area contributed by atoms with Gasteiger partial charge in [0, 0.05) is 0 Å². The van der Waals surface area contributed by atoms with Gasteiger partial charge in [0.2, 0.25) is 0 Å². The summed E-state index contributed by atoms with van der Waals surface area (Å²) in [6, 6.07) is 0. The lowest BCUT2D eigenvalue weighted by Crippen LogP contribution is -1.95. The summed E-state index contributed by atoms with van der Waals surface area (Å²) in [5.74, 6) is 0. The molecule has 2 N–H and O–H groups in total. The molecule has 0 radical (unpaired) electrons. The van der Waals surface area contributed by atoms with Crippen molar-refractivity contribution >= 4 is 7.60 Å². The van der Waals surface area contributed by atoms with Crippen molar-refractivity contribution in [3.8, 4) is 0 Å². The Morgan fingerprint density at radius 3 is 2.67 bits per heavy atom. The lowest BCUT2D eigenvalue weighted by Gasteiger charge is -2.12. The van der Waals surface area contributed by atoms with Crippen molar-refractivity contribution in [2.45, 2.75) is 32.1 Å². The van der Waals surface area contributed by atoms with E-state index >= 15 is 0 Å². The van der Waals surface area contributed by atoms with E-state index in [1.165, 1.54) is 18.4 Å². The fraction of sp³-hybridized carbons (Fsp3) is 0.750. The molecule has 0 bridgehead atoms. The van der Waals surface area contributed by atoms with Gasteiger partial charge in [-0.25, -0.2) is 0 Å². The molecule has 1 rings (SSSR count). The summed E-state index contributed by atoms with van der Waals surface area (Å²) in [6.45, 7) is 0. The maximum Gasteiger partial charge on any atom is 0.325 e. The second kappa shape index (κ2) is 4.22. The molecule has 0 fully saturated rings. The van der Waals surface area contributed by atoms with E-state index in [-0.39, 0.29) is 6.16 Å². The van der Waals surface area contributed by atoms with Crippen LogP contribution in [0.15, 0.2) is 11.6 Å². The second-order valence-electron chi connectivity index (χ2n) is 3.25. The Kier molecular flexibility index (Phi) is 3.51. The van der Waals surface area contributed by atoms with Gasteiger partial charge in [0.25, 0.3) is 0 Å². The van der Waals surface area contributed by atoms with Crippen LogP contribution in [0.3, 0.4) is 0 Å². The summed E-state index contributed by atoms with van der Waals surface area (Å²) < 4.78 is 10.5. The molecule has 0 heterocycles. The van der Waals surface area contributed by atoms with E-state index in [1.54, 1.807) is 0 Å². The second-order valence-corrected chi connectivity index (χ2v) is 5.02. The summed E-state index contributed by atoms with van der Waals surface area (Å²) in [5, 5.41) is 0. The van der Waals surface area contributed by atoms with Crippen LogP contribution >= 0.6 is 7.60 Å². The van der Waals surface area contributed by atoms with Crippen molar-refractivity contribution in [1.29, 1.82) is 0 Å². The van der Waals surface area contributed by atoms with Crippen LogP contribution in [0.4, 0.5) is 0 Å². The van der Waals surface area contributed by atoms with Crippen molar-refractivity contribution in [3.05, 3.63) is 11.6 Å². The first-order valence-corrected chi connectivity index (χ1v) is 6.10. The van der Waals surface area contributed by atoms with E-state index in [0.717, 1.165) is 12.8 Å². The van der Waals surface area contributed by atoms with E-state index < -0.39 is 7.60 Å². The van der Waals surface area contributed by atoms with Gasteiger partial charge in [0.1, 0.15) is 0 Å². The predicted molar refractivity (Wildman–Crippen MR) is 48.1 cm³/mol. The van der Waals surface area contributed by atoms with Crippen LogP contribution in [-0.2, 0) is 4.57 Å². The zero-order valence-corrected chi connectivity index (χ0v) is 7.96. The summed E-state index contributed by atoms with van der Waals surface area (Å²) in [4.78, 5) is 17.3. The fourth-order valence-electron chi connectivity index (χ4n) is 1.42. The third-order valence-electron chi connectivity index (χ3n) is 2.11. The Morgan fingerprint density at radius 2 is 2.17 bits per heavy atom. The van der Waals surface area contributed by atoms with Gasteiger partial charge >= 0.3 is 7.60 Å². The van der Waals surface area contributed by atoms with Crippen LogP contribution in [0, 0.1) is 0 Å². The smallest absolute Gasteiger partial charge is 0.324 e. The number of allylic oxidation sites excluding steroid dienone is 2. The van der Waals surface area contributed by atoms with Crippen molar-refractivity contribution in [3.63, 3.8) is 0 Å². The van der Waals surface area contributed by atoms with Crippen LogP contribution in [0.1, 0.15) is 32.1 Å². The third kappa shape index (κ3) is 4.05. The van der Waals surface area contributed by atoms with Gasteiger partial charge in [0.05, 0.1) is 6.16 Å². The molecule has 0 aromatic carbocycles. The van der Waals surface area contributed by atoms with Crippen LogP contribution in [0.25, 0.3) is 0 Å². The van der Waals surface area contributed by atoms with E-state index in [4.69, 9.17) is 9.79 Å². The lowest BCUT2D eigenvalue weighted by molar-refractivity contribution is 0.372. The Morgan fingerprint density at radius 1 is 1.42 bits per heavy atom. The van der Waals surface area contributed by atoms with Crippen LogP contribution < -0.4 is 0 Å². The summed E-state index contributed by atoms with van der Waals surface area (Å²) in [5.41, 5.74) is 1.23. The number of hydrogen-bond donors (Lipinski definition) is 2. The first kappa shape index (κ1) is 9.97. The van der Waals surface area contributed by atoms with Gasteiger partial charge in [-0.05, 0) is 32.1 Å². The molecule has 0 unspecified atom stereocenters. The number of hydrogen-bond acceptors (Lipinski definition) is 1. The van der Waals surface area contributed by atoms with Crippen molar-refractivity contribution in [1.82, 2.24) is 0 Å². The number of rotatable bonds is 3. The molecule has 0 spiro atoms. The van der Waals surface area contributed by atoms with Gasteiger partial charge in [-0.15, -0.1) is 0 Å². The maximum atomic E-state index is 10.5. The molecule has 3 nitrogen and oxygen atoms in total. The van der Waals surface area contributed by atoms with Crippen LogP contribution in [-0.4, -0.2) is 15.9 Å². The average molecular weight is 190 g/mol. The summed E-state index contributed by atoms with van der Waals surface area (Å²) in [7, 11) is -3.77. The highest BCUT2D eigenvalue weighted by molar-refractivity contribution is 7.51. The topological polar surface area (TPSA) is 57.5 Å². The van der Waals surface area contributed by atoms with Gasteiger partial charge in [-0.3, -0.25) is 4.57 Å². The monoisotopic (exact) mass is 190 g/mol. The molecule has 1 aliphatic rings. The maximum absolute atomic E-state index is 10.5. The first-order chi connectivity index (χ1) is 5.58. The van der Waals surface area contributed by atoms with Crippen LogP contribution in [0.2, 0.25) is 0 Å². The Hall–Kier alpha value is -0.110. The Labute approximate surface area is 72.6 Å². The molecular formula is C8H15O3P. The van der Waals surface area contributed by atoms with Gasteiger partial charge in [-0.1, -0.05) is 11.6 Å². The predicted octanol–water partition coefficient (Wildman–Crippen LogP) is 2.05. The van der Waals surface area contributed by atoms with E-state index in [9.17, 15) is 4.57 Å². The highest BCUT2D eigenvalue weighted by atomic mass is 31.2. The average Bonchev–Trinajstić information content (AvgIpc) is 2.02. The van der Waals surface area contributed by atoms with Gasteiger partial charge < -0.3 is 9.79 Å². The van der Waals surface area contributed by atoms with E-state index in [0.29, 0.717) is 6.42 Å². The Balaban J connectivity index is 2.31. The fourth-order valence-corrected chi connectivity index (χ4v) is 2.00. The normalized spacial score (nSPS) is 19.0. The quantitative estimate of drug-likeness (QED) is 0.529.